The second kappa shape index (κ2) is 5.06. The molecule has 0 atom stereocenters. The minimum Gasteiger partial charge on any atom is -0.478 e. The molecule has 1 N–H and O–H groups in total. The molecule has 2 rings (SSSR count). The number of carbonyl (C=O) groups is 2. The molecule has 19 heavy (non-hydrogen) atoms. The normalized spacial score (nSPS) is 10.2. The fraction of sp³-hybridized carbons (Fsp3) is 0.125. The molecule has 2 aromatic rings. The molecule has 0 aliphatic rings. The number of ketones is 1. The van der Waals surface area contributed by atoms with Crippen molar-refractivity contribution in [2.75, 3.05) is 0 Å². The molecule has 0 bridgehead atoms. The average molecular weight is 254 g/mol. The van der Waals surface area contributed by atoms with Crippen LogP contribution >= 0.6 is 0 Å². The zero-order valence-electron chi connectivity index (χ0n) is 10.8. The van der Waals surface area contributed by atoms with Crippen LogP contribution in [0.15, 0.2) is 42.5 Å². The van der Waals surface area contributed by atoms with Gasteiger partial charge in [-0.2, -0.15) is 0 Å². The summed E-state index contributed by atoms with van der Waals surface area (Å²) in [5, 5.41) is 9.12. The molecule has 0 heterocycles. The van der Waals surface area contributed by atoms with Crippen LogP contribution in [0.2, 0.25) is 0 Å². The number of hydrogen-bond acceptors (Lipinski definition) is 2. The summed E-state index contributed by atoms with van der Waals surface area (Å²) in [7, 11) is 0. The molecule has 0 spiro atoms. The molecule has 3 heteroatoms. The third kappa shape index (κ3) is 2.71. The summed E-state index contributed by atoms with van der Waals surface area (Å²) in [6.07, 6.45) is 0. The van der Waals surface area contributed by atoms with Crippen molar-refractivity contribution in [3.8, 4) is 0 Å². The number of hydrogen-bond donors (Lipinski definition) is 1. The number of carboxylic acids is 1. The van der Waals surface area contributed by atoms with Crippen molar-refractivity contribution in [1.29, 1.82) is 0 Å². The van der Waals surface area contributed by atoms with Crippen molar-refractivity contribution in [3.63, 3.8) is 0 Å². The number of carbonyl (C=O) groups excluding carboxylic acids is 1. The minimum atomic E-state index is -1.09. The highest BCUT2D eigenvalue weighted by Gasteiger charge is 2.17. The molecule has 0 amide bonds. The van der Waals surface area contributed by atoms with Crippen LogP contribution in [0.4, 0.5) is 0 Å². The number of rotatable bonds is 3. The fourth-order valence-electron chi connectivity index (χ4n) is 2.13. The van der Waals surface area contributed by atoms with E-state index in [1.807, 2.05) is 19.9 Å². The topological polar surface area (TPSA) is 54.4 Å². The lowest BCUT2D eigenvalue weighted by atomic mass is 9.96. The Kier molecular flexibility index (Phi) is 3.47. The van der Waals surface area contributed by atoms with Crippen LogP contribution in [-0.4, -0.2) is 16.9 Å². The fourth-order valence-corrected chi connectivity index (χ4v) is 2.13. The number of aryl methyl sites for hydroxylation is 2. The first-order valence-electron chi connectivity index (χ1n) is 5.94. The van der Waals surface area contributed by atoms with Gasteiger partial charge in [-0.1, -0.05) is 35.4 Å². The molecular formula is C16H14O3. The molecule has 0 aliphatic heterocycles. The van der Waals surface area contributed by atoms with Crippen molar-refractivity contribution in [2.24, 2.45) is 0 Å². The molecule has 0 unspecified atom stereocenters. The summed E-state index contributed by atoms with van der Waals surface area (Å²) in [5.74, 6) is -1.35. The zero-order valence-corrected chi connectivity index (χ0v) is 10.8. The van der Waals surface area contributed by atoms with E-state index in [1.54, 1.807) is 30.3 Å². The Balaban J connectivity index is 2.53. The second-order valence-electron chi connectivity index (χ2n) is 4.56. The van der Waals surface area contributed by atoms with Gasteiger partial charge in [0, 0.05) is 11.1 Å². The summed E-state index contributed by atoms with van der Waals surface area (Å²) < 4.78 is 0. The predicted molar refractivity (Wildman–Crippen MR) is 72.7 cm³/mol. The van der Waals surface area contributed by atoms with Gasteiger partial charge in [-0.25, -0.2) is 4.79 Å². The molecule has 2 aromatic carbocycles. The van der Waals surface area contributed by atoms with E-state index in [4.69, 9.17) is 5.11 Å². The number of carboxylic acid groups (broad SMARTS) is 1. The maximum absolute atomic E-state index is 12.4. The van der Waals surface area contributed by atoms with E-state index in [9.17, 15) is 9.59 Å². The number of benzene rings is 2. The molecule has 0 aromatic heterocycles. The first kappa shape index (κ1) is 13.0. The van der Waals surface area contributed by atoms with Crippen molar-refractivity contribution in [3.05, 3.63) is 70.3 Å². The monoisotopic (exact) mass is 254 g/mol. The Hall–Kier alpha value is -2.42. The SMILES string of the molecule is Cc1cc(C)cc(C(=O)c2ccccc2C(=O)O)c1. The summed E-state index contributed by atoms with van der Waals surface area (Å²) >= 11 is 0. The lowest BCUT2D eigenvalue weighted by Crippen LogP contribution is -2.09. The third-order valence-electron chi connectivity index (χ3n) is 2.89. The van der Waals surface area contributed by atoms with Crippen molar-refractivity contribution in [2.45, 2.75) is 13.8 Å². The predicted octanol–water partition coefficient (Wildman–Crippen LogP) is 3.23. The van der Waals surface area contributed by atoms with Crippen molar-refractivity contribution in [1.82, 2.24) is 0 Å². The van der Waals surface area contributed by atoms with E-state index in [-0.39, 0.29) is 16.9 Å². The third-order valence-corrected chi connectivity index (χ3v) is 2.89. The molecule has 0 fully saturated rings. The molecule has 0 saturated heterocycles. The lowest BCUT2D eigenvalue weighted by Gasteiger charge is -2.07. The molecular weight excluding hydrogens is 240 g/mol. The largest absolute Gasteiger partial charge is 0.478 e. The summed E-state index contributed by atoms with van der Waals surface area (Å²) in [5.41, 5.74) is 2.74. The van der Waals surface area contributed by atoms with Crippen LogP contribution < -0.4 is 0 Å². The smallest absolute Gasteiger partial charge is 0.336 e. The molecule has 3 nitrogen and oxygen atoms in total. The standard InChI is InChI=1S/C16H14O3/c1-10-7-11(2)9-12(8-10)15(17)13-5-3-4-6-14(13)16(18)19/h3-9H,1-2H3,(H,18,19). The first-order valence-corrected chi connectivity index (χ1v) is 5.94. The Morgan fingerprint density at radius 2 is 1.42 bits per heavy atom. The van der Waals surface area contributed by atoms with E-state index >= 15 is 0 Å². The van der Waals surface area contributed by atoms with Crippen LogP contribution in [0.1, 0.15) is 37.4 Å². The summed E-state index contributed by atoms with van der Waals surface area (Å²) in [6.45, 7) is 3.82. The number of aromatic carboxylic acids is 1. The Morgan fingerprint density at radius 3 is 1.95 bits per heavy atom. The van der Waals surface area contributed by atoms with E-state index in [1.165, 1.54) is 6.07 Å². The zero-order chi connectivity index (χ0) is 14.0. The summed E-state index contributed by atoms with van der Waals surface area (Å²) in [4.78, 5) is 23.6. The van der Waals surface area contributed by atoms with Gasteiger partial charge >= 0.3 is 5.97 Å². The van der Waals surface area contributed by atoms with E-state index in [2.05, 4.69) is 0 Å². The van der Waals surface area contributed by atoms with Crippen molar-refractivity contribution < 1.29 is 14.7 Å². The molecule has 0 radical (unpaired) electrons. The second-order valence-corrected chi connectivity index (χ2v) is 4.56. The van der Waals surface area contributed by atoms with Crippen LogP contribution in [0, 0.1) is 13.8 Å². The van der Waals surface area contributed by atoms with Gasteiger partial charge in [0.05, 0.1) is 5.56 Å². The van der Waals surface area contributed by atoms with Gasteiger partial charge in [0.25, 0.3) is 0 Å². The van der Waals surface area contributed by atoms with E-state index < -0.39 is 5.97 Å². The minimum absolute atomic E-state index is 0.0339. The average Bonchev–Trinajstić information content (AvgIpc) is 2.36. The molecule has 0 aliphatic carbocycles. The Labute approximate surface area is 111 Å². The van der Waals surface area contributed by atoms with Crippen molar-refractivity contribution >= 4 is 11.8 Å². The highest BCUT2D eigenvalue weighted by Crippen LogP contribution is 2.17. The van der Waals surface area contributed by atoms with Gasteiger partial charge < -0.3 is 5.11 Å². The van der Waals surface area contributed by atoms with Crippen LogP contribution in [0.25, 0.3) is 0 Å². The summed E-state index contributed by atoms with van der Waals surface area (Å²) in [6, 6.07) is 11.8. The maximum atomic E-state index is 12.4. The maximum Gasteiger partial charge on any atom is 0.336 e. The van der Waals surface area contributed by atoms with Crippen LogP contribution in [0.3, 0.4) is 0 Å². The highest BCUT2D eigenvalue weighted by molar-refractivity contribution is 6.14. The molecule has 0 saturated carbocycles. The van der Waals surface area contributed by atoms with E-state index in [0.29, 0.717) is 5.56 Å². The van der Waals surface area contributed by atoms with Gasteiger partial charge in [0.1, 0.15) is 0 Å². The highest BCUT2D eigenvalue weighted by atomic mass is 16.4. The van der Waals surface area contributed by atoms with Gasteiger partial charge in [-0.15, -0.1) is 0 Å². The first-order chi connectivity index (χ1) is 8.99. The van der Waals surface area contributed by atoms with Gasteiger partial charge in [-0.3, -0.25) is 4.79 Å². The van der Waals surface area contributed by atoms with E-state index in [0.717, 1.165) is 11.1 Å². The van der Waals surface area contributed by atoms with Crippen LogP contribution in [-0.2, 0) is 0 Å². The quantitative estimate of drug-likeness (QED) is 0.855. The van der Waals surface area contributed by atoms with Gasteiger partial charge in [-0.05, 0) is 32.0 Å². The van der Waals surface area contributed by atoms with Gasteiger partial charge in [0.15, 0.2) is 5.78 Å². The van der Waals surface area contributed by atoms with Crippen LogP contribution in [0.5, 0.6) is 0 Å². The van der Waals surface area contributed by atoms with Gasteiger partial charge in [0.2, 0.25) is 0 Å². The lowest BCUT2D eigenvalue weighted by molar-refractivity contribution is 0.0693. The Bertz CT molecular complexity index is 637. The Morgan fingerprint density at radius 1 is 0.895 bits per heavy atom. The molecule has 96 valence electrons.